The van der Waals surface area contributed by atoms with Crippen LogP contribution in [0.2, 0.25) is 0 Å². The molecular weight excluding hydrogens is 242 g/mol. The molecule has 0 radical (unpaired) electrons. The van der Waals surface area contributed by atoms with Crippen LogP contribution < -0.4 is 4.90 Å². The first-order chi connectivity index (χ1) is 9.08. The van der Waals surface area contributed by atoms with Gasteiger partial charge >= 0.3 is 5.97 Å². The number of carboxylic acids is 1. The van der Waals surface area contributed by atoms with Gasteiger partial charge in [0.1, 0.15) is 6.07 Å². The van der Waals surface area contributed by atoms with Crippen LogP contribution in [-0.4, -0.2) is 24.7 Å². The van der Waals surface area contributed by atoms with Crippen molar-refractivity contribution >= 4 is 17.7 Å². The first-order valence-corrected chi connectivity index (χ1v) is 5.61. The smallest absolute Gasteiger partial charge is 0.328 e. The topological polar surface area (TPSA) is 88.1 Å². The molecule has 1 aromatic rings. The van der Waals surface area contributed by atoms with Gasteiger partial charge < -0.3 is 10.0 Å². The van der Waals surface area contributed by atoms with Gasteiger partial charge in [0, 0.05) is 19.7 Å². The van der Waals surface area contributed by atoms with Gasteiger partial charge in [-0.3, -0.25) is 0 Å². The zero-order valence-electron chi connectivity index (χ0n) is 10.5. The molecule has 0 saturated carbocycles. The molecule has 1 aromatic carbocycles. The van der Waals surface area contributed by atoms with Gasteiger partial charge in [-0.2, -0.15) is 10.5 Å². The van der Waals surface area contributed by atoms with E-state index in [4.69, 9.17) is 15.6 Å². The molecule has 0 unspecified atom stereocenters. The molecule has 0 amide bonds. The fraction of sp³-hybridized carbons (Fsp3) is 0.214. The van der Waals surface area contributed by atoms with Crippen LogP contribution in [0.25, 0.3) is 6.08 Å². The third kappa shape index (κ3) is 4.18. The highest BCUT2D eigenvalue weighted by Gasteiger charge is 2.07. The largest absolute Gasteiger partial charge is 0.478 e. The Kier molecular flexibility index (Phi) is 5.13. The minimum absolute atomic E-state index is 0.377. The van der Waals surface area contributed by atoms with E-state index in [1.54, 1.807) is 25.2 Å². The predicted octanol–water partition coefficient (Wildman–Crippen LogP) is 2.01. The highest BCUT2D eigenvalue weighted by Crippen LogP contribution is 2.21. The molecule has 0 spiro atoms. The summed E-state index contributed by atoms with van der Waals surface area (Å²) < 4.78 is 0. The van der Waals surface area contributed by atoms with Crippen LogP contribution >= 0.6 is 0 Å². The molecule has 5 heteroatoms. The highest BCUT2D eigenvalue weighted by molar-refractivity contribution is 5.85. The Morgan fingerprint density at radius 2 is 2.21 bits per heavy atom. The maximum absolute atomic E-state index is 10.4. The molecule has 0 aliphatic heterocycles. The fourth-order valence-electron chi connectivity index (χ4n) is 1.59. The fourth-order valence-corrected chi connectivity index (χ4v) is 1.59. The van der Waals surface area contributed by atoms with Gasteiger partial charge in [-0.1, -0.05) is 6.07 Å². The maximum Gasteiger partial charge on any atom is 0.328 e. The monoisotopic (exact) mass is 255 g/mol. The standard InChI is InChI=1S/C14H13N3O2/c1-17(8-2-7-15)13-5-3-11(4-6-14(18)19)9-12(13)10-16/h3-6,9H,2,8H2,1H3,(H,18,19)/b6-4+. The van der Waals surface area contributed by atoms with E-state index in [9.17, 15) is 4.79 Å². The summed E-state index contributed by atoms with van der Waals surface area (Å²) in [7, 11) is 1.81. The van der Waals surface area contributed by atoms with Crippen molar-refractivity contribution in [3.05, 3.63) is 35.4 Å². The van der Waals surface area contributed by atoms with Crippen LogP contribution in [0, 0.1) is 22.7 Å². The van der Waals surface area contributed by atoms with Crippen molar-refractivity contribution in [3.63, 3.8) is 0 Å². The summed E-state index contributed by atoms with van der Waals surface area (Å²) in [6, 6.07) is 9.23. The normalized spacial score (nSPS) is 9.84. The number of anilines is 1. The summed E-state index contributed by atoms with van der Waals surface area (Å²) in [5, 5.41) is 26.2. The first-order valence-electron chi connectivity index (χ1n) is 5.61. The Morgan fingerprint density at radius 3 is 2.79 bits per heavy atom. The zero-order valence-corrected chi connectivity index (χ0v) is 10.5. The Labute approximate surface area is 111 Å². The van der Waals surface area contributed by atoms with E-state index < -0.39 is 5.97 Å². The average Bonchev–Trinajstić information content (AvgIpc) is 2.42. The van der Waals surface area contributed by atoms with Crippen LogP contribution in [-0.2, 0) is 4.79 Å². The number of nitrogens with zero attached hydrogens (tertiary/aromatic N) is 3. The van der Waals surface area contributed by atoms with Gasteiger partial charge in [-0.15, -0.1) is 0 Å². The molecule has 0 bridgehead atoms. The van der Waals surface area contributed by atoms with Crippen molar-refractivity contribution in [1.82, 2.24) is 0 Å². The predicted molar refractivity (Wildman–Crippen MR) is 71.3 cm³/mol. The van der Waals surface area contributed by atoms with Gasteiger partial charge in [0.15, 0.2) is 0 Å². The van der Waals surface area contributed by atoms with Crippen molar-refractivity contribution in [2.24, 2.45) is 0 Å². The van der Waals surface area contributed by atoms with Crippen molar-refractivity contribution in [3.8, 4) is 12.1 Å². The van der Waals surface area contributed by atoms with E-state index >= 15 is 0 Å². The van der Waals surface area contributed by atoms with Crippen molar-refractivity contribution in [1.29, 1.82) is 10.5 Å². The summed E-state index contributed by atoms with van der Waals surface area (Å²) in [5.41, 5.74) is 1.83. The lowest BCUT2D eigenvalue weighted by Gasteiger charge is -2.19. The second-order valence-electron chi connectivity index (χ2n) is 3.89. The molecule has 0 aromatic heterocycles. The van der Waals surface area contributed by atoms with Crippen molar-refractivity contribution in [2.45, 2.75) is 6.42 Å². The SMILES string of the molecule is CN(CCC#N)c1ccc(/C=C/C(=O)O)cc1C#N. The number of aliphatic carboxylic acids is 1. The number of carbonyl (C=O) groups is 1. The van der Waals surface area contributed by atoms with Crippen LogP contribution in [0.4, 0.5) is 5.69 Å². The quantitative estimate of drug-likeness (QED) is 0.813. The zero-order chi connectivity index (χ0) is 14.3. The van der Waals surface area contributed by atoms with Gasteiger partial charge in [0.05, 0.1) is 23.7 Å². The average molecular weight is 255 g/mol. The number of hydrogen-bond acceptors (Lipinski definition) is 4. The van der Waals surface area contributed by atoms with Crippen LogP contribution in [0.1, 0.15) is 17.5 Å². The summed E-state index contributed by atoms with van der Waals surface area (Å²) in [6.45, 7) is 0.537. The Morgan fingerprint density at radius 1 is 1.47 bits per heavy atom. The molecular formula is C14H13N3O2. The molecule has 0 heterocycles. The van der Waals surface area contributed by atoms with Crippen molar-refractivity contribution < 1.29 is 9.90 Å². The maximum atomic E-state index is 10.4. The van der Waals surface area contributed by atoms with E-state index in [0.29, 0.717) is 24.1 Å². The summed E-state index contributed by atoms with van der Waals surface area (Å²) >= 11 is 0. The molecule has 0 saturated heterocycles. The third-order valence-corrected chi connectivity index (χ3v) is 2.53. The molecule has 0 fully saturated rings. The second-order valence-corrected chi connectivity index (χ2v) is 3.89. The van der Waals surface area contributed by atoms with E-state index in [1.165, 1.54) is 6.08 Å². The molecule has 96 valence electrons. The number of carboxylic acid groups (broad SMARTS) is 1. The molecule has 0 aliphatic carbocycles. The van der Waals surface area contributed by atoms with Gasteiger partial charge in [-0.25, -0.2) is 4.79 Å². The van der Waals surface area contributed by atoms with Crippen LogP contribution in [0.5, 0.6) is 0 Å². The number of benzene rings is 1. The lowest BCUT2D eigenvalue weighted by Crippen LogP contribution is -2.19. The van der Waals surface area contributed by atoms with Gasteiger partial charge in [0.25, 0.3) is 0 Å². The Balaban J connectivity index is 3.01. The van der Waals surface area contributed by atoms with Crippen LogP contribution in [0.15, 0.2) is 24.3 Å². The molecule has 5 nitrogen and oxygen atoms in total. The van der Waals surface area contributed by atoms with Crippen LogP contribution in [0.3, 0.4) is 0 Å². The Hall–Kier alpha value is -2.79. The van der Waals surface area contributed by atoms with Gasteiger partial charge in [0.2, 0.25) is 0 Å². The van der Waals surface area contributed by atoms with E-state index in [2.05, 4.69) is 6.07 Å². The molecule has 1 N–H and O–H groups in total. The molecule has 1 rings (SSSR count). The van der Waals surface area contributed by atoms with Gasteiger partial charge in [-0.05, 0) is 23.8 Å². The second kappa shape index (κ2) is 6.83. The summed E-state index contributed by atoms with van der Waals surface area (Å²) in [5.74, 6) is -1.03. The van der Waals surface area contributed by atoms with E-state index in [1.807, 2.05) is 11.0 Å². The third-order valence-electron chi connectivity index (χ3n) is 2.53. The molecule has 0 aliphatic rings. The Bertz CT molecular complexity index is 579. The first kappa shape index (κ1) is 14.3. The van der Waals surface area contributed by atoms with E-state index in [0.717, 1.165) is 11.8 Å². The lowest BCUT2D eigenvalue weighted by molar-refractivity contribution is -0.131. The summed E-state index contributed by atoms with van der Waals surface area (Å²) in [4.78, 5) is 12.3. The number of rotatable bonds is 5. The van der Waals surface area contributed by atoms with E-state index in [-0.39, 0.29) is 0 Å². The summed E-state index contributed by atoms with van der Waals surface area (Å²) in [6.07, 6.45) is 2.83. The highest BCUT2D eigenvalue weighted by atomic mass is 16.4. The lowest BCUT2D eigenvalue weighted by atomic mass is 10.1. The number of hydrogen-bond donors (Lipinski definition) is 1. The molecule has 0 atom stereocenters. The minimum atomic E-state index is -1.03. The number of nitriles is 2. The van der Waals surface area contributed by atoms with Crippen molar-refractivity contribution in [2.75, 3.05) is 18.5 Å². The minimum Gasteiger partial charge on any atom is -0.478 e. The molecule has 19 heavy (non-hydrogen) atoms.